The zero-order chi connectivity index (χ0) is 21.5. The van der Waals surface area contributed by atoms with Gasteiger partial charge >= 0.3 is 0 Å². The lowest BCUT2D eigenvalue weighted by Gasteiger charge is -2.20. The second kappa shape index (κ2) is 7.67. The van der Waals surface area contributed by atoms with Crippen LogP contribution in [0.5, 0.6) is 0 Å². The van der Waals surface area contributed by atoms with E-state index in [4.69, 9.17) is 0 Å². The standard InChI is InChI=1S/C24H22N4O2S/c1-14-21(16-7-3-5-9-18(16)25-14)19-13-31-24(26-19)27-22(29)17-8-4-6-10-20(17)28(2)23(30)15-11-12-15/h3-10,13,15,25H,11-12H2,1-2H3,(H,26,27,29). The van der Waals surface area contributed by atoms with Crippen molar-refractivity contribution < 1.29 is 9.59 Å². The average molecular weight is 431 g/mol. The molecular weight excluding hydrogens is 408 g/mol. The molecule has 1 aliphatic carbocycles. The zero-order valence-corrected chi connectivity index (χ0v) is 18.1. The van der Waals surface area contributed by atoms with Gasteiger partial charge in [0, 0.05) is 40.5 Å². The number of thiazole rings is 1. The number of amides is 2. The molecule has 0 saturated heterocycles. The smallest absolute Gasteiger partial charge is 0.259 e. The van der Waals surface area contributed by atoms with Crippen LogP contribution in [-0.4, -0.2) is 28.8 Å². The molecule has 156 valence electrons. The first-order chi connectivity index (χ1) is 15.0. The summed E-state index contributed by atoms with van der Waals surface area (Å²) < 4.78 is 0. The Bertz CT molecular complexity index is 1300. The predicted octanol–water partition coefficient (Wildman–Crippen LogP) is 5.22. The van der Waals surface area contributed by atoms with Gasteiger partial charge in [0.1, 0.15) is 0 Å². The lowest BCUT2D eigenvalue weighted by molar-refractivity contribution is -0.119. The van der Waals surface area contributed by atoms with Gasteiger partial charge in [-0.2, -0.15) is 0 Å². The Kier molecular flexibility index (Phi) is 4.82. The number of carbonyl (C=O) groups excluding carboxylic acids is 2. The Hall–Kier alpha value is -3.45. The van der Waals surface area contributed by atoms with Crippen molar-refractivity contribution in [3.8, 4) is 11.3 Å². The molecule has 4 aromatic rings. The highest BCUT2D eigenvalue weighted by Crippen LogP contribution is 2.35. The molecule has 0 unspecified atom stereocenters. The van der Waals surface area contributed by atoms with E-state index >= 15 is 0 Å². The molecule has 0 bridgehead atoms. The van der Waals surface area contributed by atoms with Crippen molar-refractivity contribution in [1.29, 1.82) is 0 Å². The van der Waals surface area contributed by atoms with Crippen LogP contribution in [0.1, 0.15) is 28.9 Å². The van der Waals surface area contributed by atoms with Gasteiger partial charge in [-0.1, -0.05) is 30.3 Å². The van der Waals surface area contributed by atoms with E-state index in [9.17, 15) is 9.59 Å². The van der Waals surface area contributed by atoms with Crippen LogP contribution in [0.4, 0.5) is 10.8 Å². The number of rotatable bonds is 5. The van der Waals surface area contributed by atoms with Crippen LogP contribution < -0.4 is 10.2 Å². The molecule has 7 heteroatoms. The number of nitrogens with zero attached hydrogens (tertiary/aromatic N) is 2. The van der Waals surface area contributed by atoms with Crippen LogP contribution in [-0.2, 0) is 4.79 Å². The maximum atomic E-state index is 13.0. The Labute approximate surface area is 183 Å². The van der Waals surface area contributed by atoms with Crippen molar-refractivity contribution >= 4 is 44.9 Å². The summed E-state index contributed by atoms with van der Waals surface area (Å²) in [5.74, 6) is -0.128. The molecule has 2 N–H and O–H groups in total. The molecule has 0 radical (unpaired) electrons. The topological polar surface area (TPSA) is 78.1 Å². The number of para-hydroxylation sites is 2. The maximum absolute atomic E-state index is 13.0. The third kappa shape index (κ3) is 3.61. The lowest BCUT2D eigenvalue weighted by atomic mass is 10.1. The van der Waals surface area contributed by atoms with Gasteiger partial charge in [0.25, 0.3) is 5.91 Å². The Morgan fingerprint density at radius 3 is 2.68 bits per heavy atom. The van der Waals surface area contributed by atoms with Crippen molar-refractivity contribution in [1.82, 2.24) is 9.97 Å². The lowest BCUT2D eigenvalue weighted by Crippen LogP contribution is -2.29. The summed E-state index contributed by atoms with van der Waals surface area (Å²) in [6, 6.07) is 15.3. The normalized spacial score (nSPS) is 13.4. The fraction of sp³-hybridized carbons (Fsp3) is 0.208. The minimum absolute atomic E-state index is 0.0617. The van der Waals surface area contributed by atoms with Crippen molar-refractivity contribution in [3.63, 3.8) is 0 Å². The Balaban J connectivity index is 1.41. The molecule has 2 heterocycles. The minimum atomic E-state index is -0.275. The van der Waals surface area contributed by atoms with Crippen molar-refractivity contribution in [2.24, 2.45) is 5.92 Å². The maximum Gasteiger partial charge on any atom is 0.259 e. The number of H-pyrrole nitrogens is 1. The van der Waals surface area contributed by atoms with Gasteiger partial charge < -0.3 is 9.88 Å². The van der Waals surface area contributed by atoms with Gasteiger partial charge in [0.05, 0.1) is 16.9 Å². The fourth-order valence-corrected chi connectivity index (χ4v) is 4.59. The summed E-state index contributed by atoms with van der Waals surface area (Å²) in [4.78, 5) is 35.2. The molecule has 0 atom stereocenters. The Morgan fingerprint density at radius 1 is 1.13 bits per heavy atom. The largest absolute Gasteiger partial charge is 0.358 e. The van der Waals surface area contributed by atoms with Crippen LogP contribution in [0.25, 0.3) is 22.2 Å². The van der Waals surface area contributed by atoms with E-state index in [-0.39, 0.29) is 17.7 Å². The SMILES string of the molecule is Cc1[nH]c2ccccc2c1-c1csc(NC(=O)c2ccccc2N(C)C(=O)C2CC2)n1. The number of nitrogens with one attached hydrogen (secondary N) is 2. The first-order valence-corrected chi connectivity index (χ1v) is 11.1. The summed E-state index contributed by atoms with van der Waals surface area (Å²) >= 11 is 1.39. The summed E-state index contributed by atoms with van der Waals surface area (Å²) in [5, 5.41) is 6.49. The number of benzene rings is 2. The summed E-state index contributed by atoms with van der Waals surface area (Å²) in [6.45, 7) is 2.02. The third-order valence-corrected chi connectivity index (χ3v) is 6.40. The van der Waals surface area contributed by atoms with E-state index < -0.39 is 0 Å². The van der Waals surface area contributed by atoms with E-state index in [0.717, 1.165) is 40.7 Å². The molecule has 2 aromatic heterocycles. The van der Waals surface area contributed by atoms with Gasteiger partial charge in [0.15, 0.2) is 5.13 Å². The number of hydrogen-bond acceptors (Lipinski definition) is 4. The van der Waals surface area contributed by atoms with Crippen molar-refractivity contribution in [2.45, 2.75) is 19.8 Å². The van der Waals surface area contributed by atoms with Crippen LogP contribution in [0.2, 0.25) is 0 Å². The Morgan fingerprint density at radius 2 is 1.87 bits per heavy atom. The van der Waals surface area contributed by atoms with Crippen LogP contribution in [0.15, 0.2) is 53.9 Å². The second-order valence-corrected chi connectivity index (χ2v) is 8.71. The van der Waals surface area contributed by atoms with Gasteiger partial charge in [-0.25, -0.2) is 4.98 Å². The van der Waals surface area contributed by atoms with E-state index in [1.807, 2.05) is 36.6 Å². The minimum Gasteiger partial charge on any atom is -0.358 e. The molecule has 0 aliphatic heterocycles. The average Bonchev–Trinajstić information content (AvgIpc) is 3.45. The second-order valence-electron chi connectivity index (χ2n) is 7.85. The molecule has 2 aromatic carbocycles. The van der Waals surface area contributed by atoms with Crippen LogP contribution >= 0.6 is 11.3 Å². The van der Waals surface area contributed by atoms with Gasteiger partial charge in [0.2, 0.25) is 5.91 Å². The van der Waals surface area contributed by atoms with Gasteiger partial charge in [-0.15, -0.1) is 11.3 Å². The molecule has 31 heavy (non-hydrogen) atoms. The van der Waals surface area contributed by atoms with E-state index in [2.05, 4.69) is 21.4 Å². The summed E-state index contributed by atoms with van der Waals surface area (Å²) in [7, 11) is 1.73. The quantitative estimate of drug-likeness (QED) is 0.455. The van der Waals surface area contributed by atoms with Gasteiger partial charge in [-0.3, -0.25) is 14.9 Å². The molecule has 0 spiro atoms. The molecule has 1 fully saturated rings. The molecule has 2 amide bonds. The number of anilines is 2. The van der Waals surface area contributed by atoms with E-state index in [1.54, 1.807) is 30.1 Å². The molecule has 1 saturated carbocycles. The number of carbonyl (C=O) groups is 2. The zero-order valence-electron chi connectivity index (χ0n) is 17.3. The fourth-order valence-electron chi connectivity index (χ4n) is 3.90. The van der Waals surface area contributed by atoms with Crippen LogP contribution in [0, 0.1) is 12.8 Å². The first kappa shape index (κ1) is 19.5. The number of aromatic nitrogens is 2. The third-order valence-electron chi connectivity index (χ3n) is 5.64. The predicted molar refractivity (Wildman–Crippen MR) is 125 cm³/mol. The van der Waals surface area contributed by atoms with E-state index in [1.165, 1.54) is 11.3 Å². The first-order valence-electron chi connectivity index (χ1n) is 10.2. The highest BCUT2D eigenvalue weighted by molar-refractivity contribution is 7.14. The highest BCUT2D eigenvalue weighted by atomic mass is 32.1. The van der Waals surface area contributed by atoms with Gasteiger partial charge in [-0.05, 0) is 38.0 Å². The van der Waals surface area contributed by atoms with Crippen molar-refractivity contribution in [3.05, 3.63) is 65.2 Å². The number of fused-ring (bicyclic) bond motifs is 1. The molecule has 1 aliphatic rings. The number of hydrogen-bond donors (Lipinski definition) is 2. The number of aryl methyl sites for hydroxylation is 1. The monoisotopic (exact) mass is 430 g/mol. The molecule has 5 rings (SSSR count). The van der Waals surface area contributed by atoms with Crippen molar-refractivity contribution in [2.75, 3.05) is 17.3 Å². The molecular formula is C24H22N4O2S. The molecule has 6 nitrogen and oxygen atoms in total. The van der Waals surface area contributed by atoms with E-state index in [0.29, 0.717) is 16.4 Å². The highest BCUT2D eigenvalue weighted by Gasteiger charge is 2.33. The van der Waals surface area contributed by atoms with Crippen LogP contribution in [0.3, 0.4) is 0 Å². The summed E-state index contributed by atoms with van der Waals surface area (Å²) in [6.07, 6.45) is 1.85. The summed E-state index contributed by atoms with van der Waals surface area (Å²) in [5.41, 5.74) is 5.04. The number of aromatic amines is 1.